The third kappa shape index (κ3) is 1.46. The van der Waals surface area contributed by atoms with Crippen molar-refractivity contribution in [2.45, 2.75) is 24.7 Å². The molecule has 0 heterocycles. The Morgan fingerprint density at radius 1 is 1.25 bits per heavy atom. The zero-order chi connectivity index (χ0) is 11.8. The van der Waals surface area contributed by atoms with E-state index in [1.54, 1.807) is 12.1 Å². The molecule has 0 fully saturated rings. The van der Waals surface area contributed by atoms with Crippen molar-refractivity contribution in [1.82, 2.24) is 0 Å². The molecule has 2 rings (SSSR count). The molecule has 4 heteroatoms. The van der Waals surface area contributed by atoms with Gasteiger partial charge in [-0.15, -0.1) is 0 Å². The zero-order valence-corrected chi connectivity index (χ0v) is 8.64. The number of carboxylic acids is 2. The summed E-state index contributed by atoms with van der Waals surface area (Å²) < 4.78 is 0. The quantitative estimate of drug-likeness (QED) is 0.808. The fourth-order valence-electron chi connectivity index (χ4n) is 2.43. The number of hydrogen-bond donors (Lipinski definition) is 2. The Bertz CT molecular complexity index is 452. The van der Waals surface area contributed by atoms with Gasteiger partial charge in [0.05, 0.1) is 6.42 Å². The van der Waals surface area contributed by atoms with Gasteiger partial charge in [0.1, 0.15) is 5.41 Å². The van der Waals surface area contributed by atoms with Crippen LogP contribution in [-0.2, 0) is 21.4 Å². The van der Waals surface area contributed by atoms with Crippen LogP contribution in [0.15, 0.2) is 24.3 Å². The molecular weight excluding hydrogens is 208 g/mol. The minimum atomic E-state index is -1.23. The van der Waals surface area contributed by atoms with Crippen molar-refractivity contribution >= 4 is 11.9 Å². The molecule has 0 bridgehead atoms. The first-order chi connectivity index (χ1) is 7.56. The molecule has 0 amide bonds. The highest BCUT2D eigenvalue weighted by molar-refractivity contribution is 5.88. The predicted octanol–water partition coefficient (Wildman–Crippen LogP) is 1.43. The van der Waals surface area contributed by atoms with Gasteiger partial charge in [-0.2, -0.15) is 0 Å². The third-order valence-electron chi connectivity index (χ3n) is 3.22. The molecule has 84 valence electrons. The first-order valence-electron chi connectivity index (χ1n) is 5.10. The van der Waals surface area contributed by atoms with E-state index in [1.165, 1.54) is 0 Å². The number of rotatable bonds is 3. The van der Waals surface area contributed by atoms with Crippen molar-refractivity contribution in [3.8, 4) is 0 Å². The maximum absolute atomic E-state index is 11.4. The summed E-state index contributed by atoms with van der Waals surface area (Å²) in [5.74, 6) is -2.11. The highest BCUT2D eigenvalue weighted by atomic mass is 16.4. The van der Waals surface area contributed by atoms with E-state index in [9.17, 15) is 14.7 Å². The standard InChI is InChI=1S/C12H12O4/c13-10(14)7-12(11(15)16)6-5-8-3-1-2-4-9(8)12/h1-4H,5-7H2,(H,13,14)(H,15,16). The average Bonchev–Trinajstić information content (AvgIpc) is 2.58. The average molecular weight is 220 g/mol. The second kappa shape index (κ2) is 3.63. The van der Waals surface area contributed by atoms with Crippen molar-refractivity contribution in [1.29, 1.82) is 0 Å². The van der Waals surface area contributed by atoms with E-state index in [1.807, 2.05) is 12.1 Å². The monoisotopic (exact) mass is 220 g/mol. The topological polar surface area (TPSA) is 74.6 Å². The van der Waals surface area contributed by atoms with Gasteiger partial charge in [-0.25, -0.2) is 0 Å². The summed E-state index contributed by atoms with van der Waals surface area (Å²) in [6.45, 7) is 0. The zero-order valence-electron chi connectivity index (χ0n) is 8.64. The molecule has 0 aliphatic heterocycles. The maximum Gasteiger partial charge on any atom is 0.314 e. The van der Waals surface area contributed by atoms with Crippen molar-refractivity contribution < 1.29 is 19.8 Å². The summed E-state index contributed by atoms with van der Waals surface area (Å²) in [6, 6.07) is 7.18. The van der Waals surface area contributed by atoms with Crippen LogP contribution in [0.5, 0.6) is 0 Å². The van der Waals surface area contributed by atoms with Crippen LogP contribution in [0.3, 0.4) is 0 Å². The number of benzene rings is 1. The lowest BCUT2D eigenvalue weighted by Crippen LogP contribution is -2.35. The Labute approximate surface area is 92.5 Å². The van der Waals surface area contributed by atoms with Crippen LogP contribution < -0.4 is 0 Å². The van der Waals surface area contributed by atoms with Crippen LogP contribution in [0.25, 0.3) is 0 Å². The number of aryl methyl sites for hydroxylation is 1. The number of aliphatic carboxylic acids is 2. The molecule has 16 heavy (non-hydrogen) atoms. The summed E-state index contributed by atoms with van der Waals surface area (Å²) in [4.78, 5) is 22.2. The minimum Gasteiger partial charge on any atom is -0.481 e. The van der Waals surface area contributed by atoms with Gasteiger partial charge in [0.25, 0.3) is 0 Å². The van der Waals surface area contributed by atoms with E-state index < -0.39 is 17.4 Å². The molecule has 1 aromatic carbocycles. The highest BCUT2D eigenvalue weighted by Gasteiger charge is 2.46. The first kappa shape index (κ1) is 10.7. The Kier molecular flexibility index (Phi) is 2.42. The third-order valence-corrected chi connectivity index (χ3v) is 3.22. The van der Waals surface area contributed by atoms with Crippen molar-refractivity contribution in [2.24, 2.45) is 0 Å². The normalized spacial score (nSPS) is 22.8. The molecule has 1 aliphatic rings. The lowest BCUT2D eigenvalue weighted by atomic mass is 9.79. The van der Waals surface area contributed by atoms with E-state index in [0.717, 1.165) is 5.56 Å². The van der Waals surface area contributed by atoms with E-state index in [-0.39, 0.29) is 6.42 Å². The Hall–Kier alpha value is -1.84. The van der Waals surface area contributed by atoms with Crippen LogP contribution in [0.1, 0.15) is 24.0 Å². The second-order valence-corrected chi connectivity index (χ2v) is 4.11. The summed E-state index contributed by atoms with van der Waals surface area (Å²) >= 11 is 0. The van der Waals surface area contributed by atoms with Crippen LogP contribution in [0, 0.1) is 0 Å². The fourth-order valence-corrected chi connectivity index (χ4v) is 2.43. The van der Waals surface area contributed by atoms with Gasteiger partial charge in [0.2, 0.25) is 0 Å². The van der Waals surface area contributed by atoms with Gasteiger partial charge < -0.3 is 10.2 Å². The van der Waals surface area contributed by atoms with E-state index in [0.29, 0.717) is 18.4 Å². The lowest BCUT2D eigenvalue weighted by molar-refractivity contribution is -0.150. The molecule has 0 saturated heterocycles. The fraction of sp³-hybridized carbons (Fsp3) is 0.333. The minimum absolute atomic E-state index is 0.348. The van der Waals surface area contributed by atoms with Gasteiger partial charge in [0, 0.05) is 0 Å². The molecular formula is C12H12O4. The Balaban J connectivity index is 2.51. The number of carboxylic acid groups (broad SMARTS) is 2. The molecule has 0 saturated carbocycles. The SMILES string of the molecule is O=C(O)CC1(C(=O)O)CCc2ccccc21. The molecule has 1 atom stereocenters. The summed E-state index contributed by atoms with van der Waals surface area (Å²) in [5, 5.41) is 18.1. The molecule has 1 aliphatic carbocycles. The molecule has 2 N–H and O–H groups in total. The number of fused-ring (bicyclic) bond motifs is 1. The Morgan fingerprint density at radius 2 is 1.94 bits per heavy atom. The Morgan fingerprint density at radius 3 is 2.56 bits per heavy atom. The second-order valence-electron chi connectivity index (χ2n) is 4.11. The summed E-state index contributed by atoms with van der Waals surface area (Å²) in [5.41, 5.74) is 0.374. The molecule has 4 nitrogen and oxygen atoms in total. The number of hydrogen-bond acceptors (Lipinski definition) is 2. The first-order valence-corrected chi connectivity index (χ1v) is 5.10. The van der Waals surface area contributed by atoms with Gasteiger partial charge >= 0.3 is 11.9 Å². The van der Waals surface area contributed by atoms with E-state index >= 15 is 0 Å². The predicted molar refractivity (Wildman–Crippen MR) is 56.3 cm³/mol. The van der Waals surface area contributed by atoms with Gasteiger partial charge in [-0.1, -0.05) is 24.3 Å². The largest absolute Gasteiger partial charge is 0.481 e. The summed E-state index contributed by atoms with van der Waals surface area (Å²) in [7, 11) is 0. The molecule has 0 spiro atoms. The smallest absolute Gasteiger partial charge is 0.314 e. The van der Waals surface area contributed by atoms with Crippen molar-refractivity contribution in [3.05, 3.63) is 35.4 Å². The van der Waals surface area contributed by atoms with E-state index in [2.05, 4.69) is 0 Å². The van der Waals surface area contributed by atoms with Gasteiger partial charge in [-0.05, 0) is 24.0 Å². The van der Waals surface area contributed by atoms with Crippen molar-refractivity contribution in [3.63, 3.8) is 0 Å². The van der Waals surface area contributed by atoms with Crippen LogP contribution in [-0.4, -0.2) is 22.2 Å². The van der Waals surface area contributed by atoms with Crippen LogP contribution in [0.4, 0.5) is 0 Å². The van der Waals surface area contributed by atoms with Crippen molar-refractivity contribution in [2.75, 3.05) is 0 Å². The highest BCUT2D eigenvalue weighted by Crippen LogP contribution is 2.41. The molecule has 1 aromatic rings. The lowest BCUT2D eigenvalue weighted by Gasteiger charge is -2.23. The van der Waals surface area contributed by atoms with Gasteiger partial charge in [-0.3, -0.25) is 9.59 Å². The summed E-state index contributed by atoms with van der Waals surface area (Å²) in [6.07, 6.45) is 0.656. The molecule has 0 radical (unpaired) electrons. The van der Waals surface area contributed by atoms with Gasteiger partial charge in [0.15, 0.2) is 0 Å². The molecule has 1 unspecified atom stereocenters. The van der Waals surface area contributed by atoms with Crippen LogP contribution in [0.2, 0.25) is 0 Å². The van der Waals surface area contributed by atoms with E-state index in [4.69, 9.17) is 5.11 Å². The van der Waals surface area contributed by atoms with Crippen LogP contribution >= 0.6 is 0 Å². The maximum atomic E-state index is 11.4. The number of carbonyl (C=O) groups is 2. The molecule has 0 aromatic heterocycles.